The third-order valence-electron chi connectivity index (χ3n) is 5.74. The maximum atomic E-state index is 12.9. The van der Waals surface area contributed by atoms with Crippen LogP contribution in [0.2, 0.25) is 0 Å². The Bertz CT molecular complexity index is 711. The zero-order valence-corrected chi connectivity index (χ0v) is 15.1. The monoisotopic (exact) mass is 349 g/mol. The van der Waals surface area contributed by atoms with E-state index in [1.165, 1.54) is 11.3 Å². The van der Waals surface area contributed by atoms with E-state index >= 15 is 0 Å². The van der Waals surface area contributed by atoms with Gasteiger partial charge in [-0.2, -0.15) is 0 Å². The highest BCUT2D eigenvalue weighted by Gasteiger charge is 2.35. The van der Waals surface area contributed by atoms with Gasteiger partial charge in [-0.05, 0) is 30.5 Å². The van der Waals surface area contributed by atoms with Gasteiger partial charge in [-0.25, -0.2) is 0 Å². The van der Waals surface area contributed by atoms with Crippen LogP contribution in [-0.4, -0.2) is 38.1 Å². The molecule has 2 aliphatic rings. The van der Waals surface area contributed by atoms with Crippen molar-refractivity contribution in [3.8, 4) is 0 Å². The number of carbonyl (C=O) groups excluding carboxylic acids is 1. The summed E-state index contributed by atoms with van der Waals surface area (Å²) in [6.07, 6.45) is 2.02. The first kappa shape index (κ1) is 17.1. The molecule has 0 saturated carbocycles. The zero-order chi connectivity index (χ0) is 17.8. The van der Waals surface area contributed by atoms with Crippen LogP contribution in [0, 0.1) is 5.92 Å². The van der Waals surface area contributed by atoms with Crippen LogP contribution < -0.4 is 15.5 Å². The van der Waals surface area contributed by atoms with Crippen LogP contribution in [-0.2, 0) is 4.79 Å². The van der Waals surface area contributed by atoms with Crippen molar-refractivity contribution in [3.63, 3.8) is 0 Å². The number of benzene rings is 2. The molecule has 2 atom stereocenters. The van der Waals surface area contributed by atoms with Gasteiger partial charge in [0.25, 0.3) is 0 Å². The lowest BCUT2D eigenvalue weighted by Gasteiger charge is -2.34. The Morgan fingerprint density at radius 1 is 0.923 bits per heavy atom. The van der Waals surface area contributed by atoms with Crippen molar-refractivity contribution in [1.29, 1.82) is 0 Å². The lowest BCUT2D eigenvalue weighted by atomic mass is 9.88. The Kier molecular flexibility index (Phi) is 5.21. The number of para-hydroxylation sites is 1. The summed E-state index contributed by atoms with van der Waals surface area (Å²) in [5.74, 6) is 0.521. The molecule has 26 heavy (non-hydrogen) atoms. The third kappa shape index (κ3) is 3.75. The standard InChI is InChI=1S/C22H27N3O/c26-22(21-16-23-15-20(21)17-7-3-1-4-8-17)24-18-11-13-25(14-12-18)19-9-5-2-6-10-19/h1-10,18,20-21,23H,11-16H2,(H,24,26). The molecular weight excluding hydrogens is 322 g/mol. The number of anilines is 1. The molecule has 136 valence electrons. The predicted molar refractivity (Wildman–Crippen MR) is 105 cm³/mol. The van der Waals surface area contributed by atoms with Crippen molar-refractivity contribution in [3.05, 3.63) is 66.2 Å². The van der Waals surface area contributed by atoms with Crippen LogP contribution in [0.25, 0.3) is 0 Å². The fourth-order valence-electron chi connectivity index (χ4n) is 4.23. The van der Waals surface area contributed by atoms with E-state index in [4.69, 9.17) is 0 Å². The molecular formula is C22H27N3O. The summed E-state index contributed by atoms with van der Waals surface area (Å²) >= 11 is 0. The van der Waals surface area contributed by atoms with Gasteiger partial charge in [0, 0.05) is 43.8 Å². The van der Waals surface area contributed by atoms with Crippen molar-refractivity contribution in [1.82, 2.24) is 10.6 Å². The smallest absolute Gasteiger partial charge is 0.225 e. The minimum Gasteiger partial charge on any atom is -0.371 e. The Balaban J connectivity index is 1.33. The average molecular weight is 349 g/mol. The molecule has 4 rings (SSSR count). The van der Waals surface area contributed by atoms with Gasteiger partial charge in [0.15, 0.2) is 0 Å². The van der Waals surface area contributed by atoms with Crippen LogP contribution in [0.4, 0.5) is 5.69 Å². The Morgan fingerprint density at radius 2 is 1.58 bits per heavy atom. The minimum absolute atomic E-state index is 0.0320. The van der Waals surface area contributed by atoms with Gasteiger partial charge in [0.2, 0.25) is 5.91 Å². The van der Waals surface area contributed by atoms with Gasteiger partial charge in [0.05, 0.1) is 5.92 Å². The van der Waals surface area contributed by atoms with Gasteiger partial charge < -0.3 is 15.5 Å². The fourth-order valence-corrected chi connectivity index (χ4v) is 4.23. The molecule has 0 radical (unpaired) electrons. The highest BCUT2D eigenvalue weighted by atomic mass is 16.2. The summed E-state index contributed by atoms with van der Waals surface area (Å²) in [5, 5.41) is 6.73. The summed E-state index contributed by atoms with van der Waals surface area (Å²) in [5.41, 5.74) is 2.54. The molecule has 2 saturated heterocycles. The lowest BCUT2D eigenvalue weighted by Crippen LogP contribution is -2.47. The second kappa shape index (κ2) is 7.92. The van der Waals surface area contributed by atoms with E-state index in [0.717, 1.165) is 39.0 Å². The van der Waals surface area contributed by atoms with E-state index in [1.54, 1.807) is 0 Å². The normalized spacial score (nSPS) is 23.8. The lowest BCUT2D eigenvalue weighted by molar-refractivity contribution is -0.125. The molecule has 2 aliphatic heterocycles. The van der Waals surface area contributed by atoms with E-state index in [0.29, 0.717) is 6.04 Å². The number of amides is 1. The quantitative estimate of drug-likeness (QED) is 0.892. The first-order chi connectivity index (χ1) is 12.8. The number of rotatable bonds is 4. The SMILES string of the molecule is O=C(NC1CCN(c2ccccc2)CC1)C1CNCC1c1ccccc1. The molecule has 0 spiro atoms. The molecule has 2 aromatic rings. The van der Waals surface area contributed by atoms with E-state index in [9.17, 15) is 4.79 Å². The van der Waals surface area contributed by atoms with E-state index in [-0.39, 0.29) is 17.7 Å². The summed E-state index contributed by atoms with van der Waals surface area (Å²) in [6, 6.07) is 21.2. The second-order valence-corrected chi connectivity index (χ2v) is 7.39. The van der Waals surface area contributed by atoms with Crippen LogP contribution in [0.5, 0.6) is 0 Å². The van der Waals surface area contributed by atoms with Gasteiger partial charge in [-0.3, -0.25) is 4.79 Å². The van der Waals surface area contributed by atoms with Crippen molar-refractivity contribution in [2.45, 2.75) is 24.8 Å². The Hall–Kier alpha value is -2.33. The molecule has 4 heteroatoms. The van der Waals surface area contributed by atoms with Crippen LogP contribution in [0.3, 0.4) is 0 Å². The highest BCUT2D eigenvalue weighted by molar-refractivity contribution is 5.80. The Morgan fingerprint density at radius 3 is 2.27 bits per heavy atom. The summed E-state index contributed by atoms with van der Waals surface area (Å²) < 4.78 is 0. The number of carbonyl (C=O) groups is 1. The zero-order valence-electron chi connectivity index (χ0n) is 15.1. The average Bonchev–Trinajstić information content (AvgIpc) is 3.20. The number of nitrogens with zero attached hydrogens (tertiary/aromatic N) is 1. The van der Waals surface area contributed by atoms with E-state index in [1.807, 2.05) is 6.07 Å². The molecule has 0 bridgehead atoms. The fraction of sp³-hybridized carbons (Fsp3) is 0.409. The van der Waals surface area contributed by atoms with Gasteiger partial charge in [-0.15, -0.1) is 0 Å². The molecule has 0 aliphatic carbocycles. The second-order valence-electron chi connectivity index (χ2n) is 7.39. The van der Waals surface area contributed by atoms with Crippen molar-refractivity contribution < 1.29 is 4.79 Å². The van der Waals surface area contributed by atoms with Gasteiger partial charge in [0.1, 0.15) is 0 Å². The number of piperidine rings is 1. The number of hydrogen-bond acceptors (Lipinski definition) is 3. The van der Waals surface area contributed by atoms with Crippen molar-refractivity contribution in [2.75, 3.05) is 31.1 Å². The molecule has 2 aromatic carbocycles. The molecule has 2 unspecified atom stereocenters. The molecule has 1 amide bonds. The molecule has 2 heterocycles. The molecule has 4 nitrogen and oxygen atoms in total. The largest absolute Gasteiger partial charge is 0.371 e. The first-order valence-electron chi connectivity index (χ1n) is 9.67. The Labute approximate surface area is 155 Å². The van der Waals surface area contributed by atoms with Crippen molar-refractivity contribution in [2.24, 2.45) is 5.92 Å². The van der Waals surface area contributed by atoms with Crippen LogP contribution in [0.15, 0.2) is 60.7 Å². The van der Waals surface area contributed by atoms with E-state index in [2.05, 4.69) is 70.1 Å². The van der Waals surface area contributed by atoms with Crippen LogP contribution >= 0.6 is 0 Å². The van der Waals surface area contributed by atoms with Gasteiger partial charge >= 0.3 is 0 Å². The summed E-state index contributed by atoms with van der Waals surface area (Å²) in [7, 11) is 0. The minimum atomic E-state index is 0.0320. The molecule has 0 aromatic heterocycles. The number of nitrogens with one attached hydrogen (secondary N) is 2. The predicted octanol–water partition coefficient (Wildman–Crippen LogP) is 2.77. The topological polar surface area (TPSA) is 44.4 Å². The van der Waals surface area contributed by atoms with Gasteiger partial charge in [-0.1, -0.05) is 48.5 Å². The van der Waals surface area contributed by atoms with E-state index < -0.39 is 0 Å². The highest BCUT2D eigenvalue weighted by Crippen LogP contribution is 2.28. The van der Waals surface area contributed by atoms with Crippen molar-refractivity contribution >= 4 is 11.6 Å². The third-order valence-corrected chi connectivity index (χ3v) is 5.74. The maximum Gasteiger partial charge on any atom is 0.225 e. The maximum absolute atomic E-state index is 12.9. The summed E-state index contributed by atoms with van der Waals surface area (Å²) in [4.78, 5) is 15.3. The molecule has 2 N–H and O–H groups in total. The summed E-state index contributed by atoms with van der Waals surface area (Å²) in [6.45, 7) is 3.66. The number of hydrogen-bond donors (Lipinski definition) is 2. The molecule has 2 fully saturated rings. The van der Waals surface area contributed by atoms with Crippen LogP contribution in [0.1, 0.15) is 24.3 Å². The first-order valence-corrected chi connectivity index (χ1v) is 9.67.